The lowest BCUT2D eigenvalue weighted by atomic mass is 10.1. The van der Waals surface area contributed by atoms with Gasteiger partial charge in [0, 0.05) is 13.1 Å². The lowest BCUT2D eigenvalue weighted by Crippen LogP contribution is -2.32. The Bertz CT molecular complexity index is 499. The quantitative estimate of drug-likeness (QED) is 0.619. The lowest BCUT2D eigenvalue weighted by Gasteiger charge is -2.12. The first-order valence-electron chi connectivity index (χ1n) is 6.98. The average Bonchev–Trinajstić information content (AvgIpc) is 3.02. The lowest BCUT2D eigenvalue weighted by molar-refractivity contribution is 0.0285. The van der Waals surface area contributed by atoms with Gasteiger partial charge in [0.2, 0.25) is 0 Å². The first-order valence-corrected chi connectivity index (χ1v) is 7.93. The standard InChI is InChI=1S/C16H21NO3S/c18-7-6-17-9-16(19)11-20-10-13-1-3-14(4-2-13)15-5-8-21-12-15/h1-5,8,12,16-19H,6-7,9-11H2. The van der Waals surface area contributed by atoms with E-state index in [1.807, 2.05) is 12.1 Å². The maximum absolute atomic E-state index is 9.65. The van der Waals surface area contributed by atoms with Crippen LogP contribution in [0.1, 0.15) is 5.56 Å². The molecule has 0 aliphatic rings. The van der Waals surface area contributed by atoms with Crippen molar-refractivity contribution in [1.82, 2.24) is 5.32 Å². The summed E-state index contributed by atoms with van der Waals surface area (Å²) in [4.78, 5) is 0. The summed E-state index contributed by atoms with van der Waals surface area (Å²) >= 11 is 1.69. The number of thiophene rings is 1. The first kappa shape index (κ1) is 16.1. The van der Waals surface area contributed by atoms with E-state index in [9.17, 15) is 5.11 Å². The van der Waals surface area contributed by atoms with Crippen LogP contribution in [0.25, 0.3) is 11.1 Å². The maximum atomic E-state index is 9.65. The Kier molecular flexibility index (Phi) is 6.85. The molecular weight excluding hydrogens is 286 g/mol. The Morgan fingerprint density at radius 3 is 2.62 bits per heavy atom. The predicted molar refractivity (Wildman–Crippen MR) is 85.4 cm³/mol. The summed E-state index contributed by atoms with van der Waals surface area (Å²) < 4.78 is 5.49. The molecule has 4 nitrogen and oxygen atoms in total. The van der Waals surface area contributed by atoms with Crippen molar-refractivity contribution in [1.29, 1.82) is 0 Å². The van der Waals surface area contributed by atoms with Crippen LogP contribution in [0, 0.1) is 0 Å². The van der Waals surface area contributed by atoms with Gasteiger partial charge in [-0.05, 0) is 33.5 Å². The van der Waals surface area contributed by atoms with Gasteiger partial charge in [-0.2, -0.15) is 11.3 Å². The van der Waals surface area contributed by atoms with Gasteiger partial charge in [-0.25, -0.2) is 0 Å². The molecule has 0 aliphatic heterocycles. The molecule has 0 radical (unpaired) electrons. The van der Waals surface area contributed by atoms with Crippen molar-refractivity contribution < 1.29 is 14.9 Å². The van der Waals surface area contributed by atoms with Crippen molar-refractivity contribution in [3.05, 3.63) is 46.7 Å². The van der Waals surface area contributed by atoms with Crippen molar-refractivity contribution in [2.24, 2.45) is 0 Å². The minimum atomic E-state index is -0.554. The highest BCUT2D eigenvalue weighted by Gasteiger charge is 2.04. The number of aliphatic hydroxyl groups excluding tert-OH is 2. The van der Waals surface area contributed by atoms with Crippen LogP contribution < -0.4 is 5.32 Å². The number of ether oxygens (including phenoxy) is 1. The Labute approximate surface area is 129 Å². The Hall–Kier alpha value is -1.24. The summed E-state index contributed by atoms with van der Waals surface area (Å²) in [6.45, 7) is 1.76. The van der Waals surface area contributed by atoms with E-state index in [0.717, 1.165) is 5.56 Å². The average molecular weight is 307 g/mol. The third-order valence-corrected chi connectivity index (χ3v) is 3.74. The molecule has 0 fully saturated rings. The van der Waals surface area contributed by atoms with Crippen LogP contribution in [0.5, 0.6) is 0 Å². The van der Waals surface area contributed by atoms with Crippen molar-refractivity contribution in [2.45, 2.75) is 12.7 Å². The van der Waals surface area contributed by atoms with E-state index in [1.54, 1.807) is 11.3 Å². The number of benzene rings is 1. The van der Waals surface area contributed by atoms with Crippen LogP contribution >= 0.6 is 11.3 Å². The van der Waals surface area contributed by atoms with Crippen molar-refractivity contribution in [2.75, 3.05) is 26.3 Å². The van der Waals surface area contributed by atoms with Gasteiger partial charge < -0.3 is 20.3 Å². The molecule has 5 heteroatoms. The number of rotatable bonds is 9. The fraction of sp³-hybridized carbons (Fsp3) is 0.375. The highest BCUT2D eigenvalue weighted by molar-refractivity contribution is 7.08. The van der Waals surface area contributed by atoms with Crippen molar-refractivity contribution in [3.8, 4) is 11.1 Å². The third kappa shape index (κ3) is 5.57. The third-order valence-electron chi connectivity index (χ3n) is 3.06. The van der Waals surface area contributed by atoms with Gasteiger partial charge in [0.15, 0.2) is 0 Å². The zero-order chi connectivity index (χ0) is 14.9. The van der Waals surface area contributed by atoms with E-state index in [2.05, 4.69) is 34.3 Å². The summed E-state index contributed by atoms with van der Waals surface area (Å²) in [5.74, 6) is 0. The molecule has 1 aromatic heterocycles. The van der Waals surface area contributed by atoms with Crippen LogP contribution in [0.4, 0.5) is 0 Å². The molecule has 114 valence electrons. The van der Waals surface area contributed by atoms with E-state index in [0.29, 0.717) is 19.7 Å². The highest BCUT2D eigenvalue weighted by Crippen LogP contribution is 2.22. The summed E-state index contributed by atoms with van der Waals surface area (Å²) in [6.07, 6.45) is -0.554. The van der Waals surface area contributed by atoms with Crippen LogP contribution in [0.3, 0.4) is 0 Å². The minimum Gasteiger partial charge on any atom is -0.395 e. The van der Waals surface area contributed by atoms with Gasteiger partial charge in [0.25, 0.3) is 0 Å². The fourth-order valence-electron chi connectivity index (χ4n) is 1.94. The Morgan fingerprint density at radius 2 is 1.95 bits per heavy atom. The molecule has 0 saturated carbocycles. The summed E-state index contributed by atoms with van der Waals surface area (Å²) in [6, 6.07) is 10.4. The SMILES string of the molecule is OCCNCC(O)COCc1ccc(-c2ccsc2)cc1. The van der Waals surface area contributed by atoms with Gasteiger partial charge in [-0.1, -0.05) is 24.3 Å². The molecule has 21 heavy (non-hydrogen) atoms. The molecule has 0 amide bonds. The Morgan fingerprint density at radius 1 is 1.14 bits per heavy atom. The number of hydrogen-bond acceptors (Lipinski definition) is 5. The molecule has 0 saturated heterocycles. The number of nitrogens with one attached hydrogen (secondary N) is 1. The zero-order valence-electron chi connectivity index (χ0n) is 11.9. The Balaban J connectivity index is 1.71. The first-order chi connectivity index (χ1) is 10.3. The summed E-state index contributed by atoms with van der Waals surface area (Å²) in [7, 11) is 0. The van der Waals surface area contributed by atoms with Gasteiger partial charge >= 0.3 is 0 Å². The zero-order valence-corrected chi connectivity index (χ0v) is 12.7. The normalized spacial score (nSPS) is 12.5. The van der Waals surface area contributed by atoms with Crippen LogP contribution in [-0.2, 0) is 11.3 Å². The largest absolute Gasteiger partial charge is 0.395 e. The van der Waals surface area contributed by atoms with Gasteiger partial charge in [-0.3, -0.25) is 0 Å². The van der Waals surface area contributed by atoms with E-state index in [-0.39, 0.29) is 13.2 Å². The van der Waals surface area contributed by atoms with E-state index < -0.39 is 6.10 Å². The molecule has 0 spiro atoms. The molecule has 3 N–H and O–H groups in total. The van der Waals surface area contributed by atoms with Crippen molar-refractivity contribution in [3.63, 3.8) is 0 Å². The molecule has 2 aromatic rings. The molecule has 1 unspecified atom stereocenters. The number of hydrogen-bond donors (Lipinski definition) is 3. The molecule has 2 rings (SSSR count). The second-order valence-electron chi connectivity index (χ2n) is 4.81. The van der Waals surface area contributed by atoms with Gasteiger partial charge in [0.1, 0.15) is 0 Å². The highest BCUT2D eigenvalue weighted by atomic mass is 32.1. The van der Waals surface area contributed by atoms with Crippen LogP contribution in [0.2, 0.25) is 0 Å². The second kappa shape index (κ2) is 8.92. The van der Waals surface area contributed by atoms with Crippen LogP contribution in [0.15, 0.2) is 41.1 Å². The van der Waals surface area contributed by atoms with Gasteiger partial charge in [0.05, 0.1) is 25.9 Å². The summed E-state index contributed by atoms with van der Waals surface area (Å²) in [5.41, 5.74) is 3.52. The van der Waals surface area contributed by atoms with Gasteiger partial charge in [-0.15, -0.1) is 0 Å². The molecule has 0 aliphatic carbocycles. The van der Waals surface area contributed by atoms with Crippen LogP contribution in [-0.4, -0.2) is 42.6 Å². The molecular formula is C16H21NO3S. The fourth-order valence-corrected chi connectivity index (χ4v) is 2.61. The molecule has 1 atom stereocenters. The van der Waals surface area contributed by atoms with E-state index in [1.165, 1.54) is 11.1 Å². The van der Waals surface area contributed by atoms with Crippen molar-refractivity contribution >= 4 is 11.3 Å². The second-order valence-corrected chi connectivity index (χ2v) is 5.59. The summed E-state index contributed by atoms with van der Waals surface area (Å²) in [5, 5.41) is 25.4. The minimum absolute atomic E-state index is 0.0735. The maximum Gasteiger partial charge on any atom is 0.0897 e. The molecule has 0 bridgehead atoms. The molecule has 1 heterocycles. The smallest absolute Gasteiger partial charge is 0.0897 e. The molecule has 1 aromatic carbocycles. The monoisotopic (exact) mass is 307 g/mol. The topological polar surface area (TPSA) is 61.7 Å². The predicted octanol–water partition coefficient (Wildman–Crippen LogP) is 1.87. The number of aliphatic hydroxyl groups is 2. The van der Waals surface area contributed by atoms with E-state index in [4.69, 9.17) is 9.84 Å². The van der Waals surface area contributed by atoms with E-state index >= 15 is 0 Å².